The van der Waals surface area contributed by atoms with E-state index in [1.807, 2.05) is 0 Å². The number of amides is 2. The third kappa shape index (κ3) is 2.43. The highest BCUT2D eigenvalue weighted by molar-refractivity contribution is 6.36. The molecular weight excluding hydrogens is 370 g/mol. The van der Waals surface area contributed by atoms with Gasteiger partial charge >= 0.3 is 0 Å². The lowest BCUT2D eigenvalue weighted by Gasteiger charge is -2.27. The van der Waals surface area contributed by atoms with Crippen molar-refractivity contribution in [3.63, 3.8) is 0 Å². The summed E-state index contributed by atoms with van der Waals surface area (Å²) in [6, 6.07) is 9.55. The van der Waals surface area contributed by atoms with Crippen LogP contribution in [0, 0.1) is 20.2 Å². The number of hydrogen-bond donors (Lipinski definition) is 1. The van der Waals surface area contributed by atoms with Crippen molar-refractivity contribution in [3.05, 3.63) is 79.9 Å². The maximum atomic E-state index is 13.0. The van der Waals surface area contributed by atoms with E-state index in [0.717, 1.165) is 29.2 Å². The van der Waals surface area contributed by atoms with Gasteiger partial charge in [0.2, 0.25) is 0 Å². The normalized spacial score (nSPS) is 13.1. The lowest BCUT2D eigenvalue weighted by atomic mass is 9.92. The van der Waals surface area contributed by atoms with Gasteiger partial charge in [-0.15, -0.1) is 0 Å². The Labute approximate surface area is 155 Å². The molecule has 0 saturated heterocycles. The largest absolute Gasteiger partial charge is 0.508 e. The number of carbonyl (C=O) groups is 2. The van der Waals surface area contributed by atoms with E-state index >= 15 is 0 Å². The molecule has 1 N–H and O–H groups in total. The highest BCUT2D eigenvalue weighted by atomic mass is 16.6. The fourth-order valence-corrected chi connectivity index (χ4v) is 3.23. The van der Waals surface area contributed by atoms with Gasteiger partial charge < -0.3 is 5.11 Å². The van der Waals surface area contributed by atoms with E-state index in [9.17, 15) is 34.9 Å². The molecule has 1 heterocycles. The van der Waals surface area contributed by atoms with Crippen LogP contribution in [-0.2, 0) is 0 Å². The molecule has 0 bridgehead atoms. The number of nitrogens with zero attached hydrogens (tertiary/aromatic N) is 3. The molecule has 0 radical (unpaired) electrons. The van der Waals surface area contributed by atoms with E-state index in [2.05, 4.69) is 0 Å². The number of phenols is 1. The van der Waals surface area contributed by atoms with E-state index in [-0.39, 0.29) is 33.3 Å². The molecule has 0 aromatic heterocycles. The van der Waals surface area contributed by atoms with Crippen LogP contribution in [0.2, 0.25) is 0 Å². The van der Waals surface area contributed by atoms with Crippen LogP contribution < -0.4 is 4.90 Å². The summed E-state index contributed by atoms with van der Waals surface area (Å²) in [6.07, 6.45) is 0. The van der Waals surface area contributed by atoms with Gasteiger partial charge in [0.1, 0.15) is 5.75 Å². The lowest BCUT2D eigenvalue weighted by molar-refractivity contribution is -0.385. The minimum absolute atomic E-state index is 0.0341. The van der Waals surface area contributed by atoms with E-state index in [1.54, 1.807) is 0 Å². The van der Waals surface area contributed by atoms with Gasteiger partial charge in [-0.2, -0.15) is 0 Å². The van der Waals surface area contributed by atoms with Crippen LogP contribution in [0.4, 0.5) is 17.1 Å². The number of aromatic hydroxyl groups is 1. The van der Waals surface area contributed by atoms with Crippen LogP contribution >= 0.6 is 0 Å². The highest BCUT2D eigenvalue weighted by Crippen LogP contribution is 2.38. The standard InChI is InChI=1S/C18H9N3O7/c22-13-3-1-2-10(6-13)19-17(23)14-7-11(20(25)26)4-9-5-12(21(27)28)8-15(16(9)14)18(19)24/h1-8,22H. The number of rotatable bonds is 3. The second kappa shape index (κ2) is 5.84. The maximum Gasteiger partial charge on any atom is 0.270 e. The Morgan fingerprint density at radius 1 is 0.821 bits per heavy atom. The molecule has 1 aliphatic rings. The first kappa shape index (κ1) is 17.1. The molecular formula is C18H9N3O7. The van der Waals surface area contributed by atoms with Crippen molar-refractivity contribution in [1.29, 1.82) is 0 Å². The Morgan fingerprint density at radius 3 is 1.82 bits per heavy atom. The summed E-state index contributed by atoms with van der Waals surface area (Å²) in [5.41, 5.74) is -1.10. The van der Waals surface area contributed by atoms with Crippen LogP contribution in [-0.4, -0.2) is 26.8 Å². The Morgan fingerprint density at radius 2 is 1.36 bits per heavy atom. The summed E-state index contributed by atoms with van der Waals surface area (Å²) in [7, 11) is 0. The molecule has 3 aromatic carbocycles. The molecule has 4 rings (SSSR count). The number of phenolic OH excluding ortho intramolecular Hbond substituents is 1. The molecule has 0 aliphatic carbocycles. The summed E-state index contributed by atoms with van der Waals surface area (Å²) in [5.74, 6) is -1.86. The number of imide groups is 1. The zero-order valence-corrected chi connectivity index (χ0v) is 13.9. The van der Waals surface area contributed by atoms with Crippen LogP contribution in [0.25, 0.3) is 10.8 Å². The van der Waals surface area contributed by atoms with Crippen molar-refractivity contribution in [2.75, 3.05) is 4.90 Å². The maximum absolute atomic E-state index is 13.0. The smallest absolute Gasteiger partial charge is 0.270 e. The molecule has 0 fully saturated rings. The fourth-order valence-electron chi connectivity index (χ4n) is 3.23. The molecule has 10 nitrogen and oxygen atoms in total. The first-order chi connectivity index (χ1) is 13.3. The summed E-state index contributed by atoms with van der Waals surface area (Å²) in [5, 5.41) is 32.3. The fraction of sp³-hybridized carbons (Fsp3) is 0. The third-order valence-corrected chi connectivity index (χ3v) is 4.40. The van der Waals surface area contributed by atoms with Crippen molar-refractivity contribution in [2.45, 2.75) is 0 Å². The Balaban J connectivity index is 2.07. The van der Waals surface area contributed by atoms with Crippen LogP contribution in [0.15, 0.2) is 48.5 Å². The lowest BCUT2D eigenvalue weighted by Crippen LogP contribution is -2.40. The number of nitro benzene ring substituents is 2. The van der Waals surface area contributed by atoms with Crippen molar-refractivity contribution >= 4 is 39.6 Å². The molecule has 138 valence electrons. The molecule has 0 unspecified atom stereocenters. The van der Waals surface area contributed by atoms with Crippen LogP contribution in [0.1, 0.15) is 20.7 Å². The Hall–Kier alpha value is -4.34. The monoisotopic (exact) mass is 379 g/mol. The van der Waals surface area contributed by atoms with Crippen molar-refractivity contribution in [1.82, 2.24) is 0 Å². The average Bonchev–Trinajstić information content (AvgIpc) is 2.65. The number of benzene rings is 3. The molecule has 1 aliphatic heterocycles. The minimum Gasteiger partial charge on any atom is -0.508 e. The van der Waals surface area contributed by atoms with Gasteiger partial charge in [0.25, 0.3) is 23.2 Å². The molecule has 2 amide bonds. The topological polar surface area (TPSA) is 144 Å². The summed E-state index contributed by atoms with van der Waals surface area (Å²) in [6.45, 7) is 0. The Kier molecular flexibility index (Phi) is 3.57. The number of nitro groups is 2. The van der Waals surface area contributed by atoms with Gasteiger partial charge in [-0.1, -0.05) is 6.07 Å². The zero-order valence-electron chi connectivity index (χ0n) is 13.9. The molecule has 3 aromatic rings. The predicted molar refractivity (Wildman–Crippen MR) is 96.5 cm³/mol. The van der Waals surface area contributed by atoms with Crippen LogP contribution in [0.3, 0.4) is 0 Å². The predicted octanol–water partition coefficient (Wildman–Crippen LogP) is 3.16. The molecule has 0 spiro atoms. The van der Waals surface area contributed by atoms with Crippen molar-refractivity contribution < 1.29 is 24.5 Å². The van der Waals surface area contributed by atoms with E-state index < -0.39 is 33.0 Å². The number of hydrogen-bond acceptors (Lipinski definition) is 7. The molecule has 28 heavy (non-hydrogen) atoms. The van der Waals surface area contributed by atoms with Crippen molar-refractivity contribution in [2.24, 2.45) is 0 Å². The van der Waals surface area contributed by atoms with E-state index in [4.69, 9.17) is 0 Å². The zero-order chi connectivity index (χ0) is 20.2. The van der Waals surface area contributed by atoms with Crippen LogP contribution in [0.5, 0.6) is 5.75 Å². The van der Waals surface area contributed by atoms with E-state index in [1.165, 1.54) is 24.3 Å². The molecule has 0 saturated carbocycles. The minimum atomic E-state index is -0.828. The third-order valence-electron chi connectivity index (χ3n) is 4.40. The van der Waals surface area contributed by atoms with Gasteiger partial charge in [-0.25, -0.2) is 4.90 Å². The van der Waals surface area contributed by atoms with Gasteiger partial charge in [0, 0.05) is 35.7 Å². The first-order valence-corrected chi connectivity index (χ1v) is 7.86. The summed E-state index contributed by atoms with van der Waals surface area (Å²) >= 11 is 0. The number of anilines is 1. The van der Waals surface area contributed by atoms with Gasteiger partial charge in [-0.05, 0) is 17.5 Å². The average molecular weight is 379 g/mol. The first-order valence-electron chi connectivity index (χ1n) is 7.86. The van der Waals surface area contributed by atoms with E-state index in [0.29, 0.717) is 0 Å². The van der Waals surface area contributed by atoms with Gasteiger partial charge in [-0.3, -0.25) is 29.8 Å². The molecule has 10 heteroatoms. The van der Waals surface area contributed by atoms with Gasteiger partial charge in [0.15, 0.2) is 0 Å². The summed E-state index contributed by atoms with van der Waals surface area (Å²) in [4.78, 5) is 47.7. The molecule has 0 atom stereocenters. The highest BCUT2D eigenvalue weighted by Gasteiger charge is 2.37. The Bertz CT molecular complexity index is 1170. The summed E-state index contributed by atoms with van der Waals surface area (Å²) < 4.78 is 0. The second-order valence-corrected chi connectivity index (χ2v) is 6.06. The SMILES string of the molecule is O=C1c2cc([N+](=O)[O-])cc3cc([N+](=O)[O-])cc(c23)C(=O)N1c1cccc(O)c1. The number of non-ortho nitro benzene ring substituents is 2. The van der Waals surface area contributed by atoms with Crippen molar-refractivity contribution in [3.8, 4) is 5.75 Å². The second-order valence-electron chi connectivity index (χ2n) is 6.06. The quantitative estimate of drug-likeness (QED) is 0.418. The number of carbonyl (C=O) groups excluding carboxylic acids is 2. The van der Waals surface area contributed by atoms with Gasteiger partial charge in [0.05, 0.1) is 26.7 Å².